The van der Waals surface area contributed by atoms with Crippen molar-refractivity contribution in [1.82, 2.24) is 4.98 Å². The van der Waals surface area contributed by atoms with Crippen LogP contribution in [-0.2, 0) is 0 Å². The average Bonchev–Trinajstić information content (AvgIpc) is 2.98. The predicted molar refractivity (Wildman–Crippen MR) is 65.1 cm³/mol. The number of nitrogens with one attached hydrogen (secondary N) is 1. The summed E-state index contributed by atoms with van der Waals surface area (Å²) >= 11 is 0. The maximum Gasteiger partial charge on any atom is 0.244 e. The molecule has 1 N–H and O–H groups in total. The number of hydrogen-bond acceptors (Lipinski definition) is 2. The number of halogens is 1. The standard InChI is InChI=1S/C14H10FNO2/c1-8-10-7-9(15)4-5-12(10)18-14(8)13(17)11-3-2-6-16-11/h2-7,16H,1H3. The molecule has 0 aliphatic rings. The fourth-order valence-corrected chi connectivity index (χ4v) is 2.00. The van der Waals surface area contributed by atoms with Crippen molar-refractivity contribution in [2.24, 2.45) is 0 Å². The minimum absolute atomic E-state index is 0.228. The van der Waals surface area contributed by atoms with Gasteiger partial charge < -0.3 is 9.40 Å². The van der Waals surface area contributed by atoms with Crippen LogP contribution in [0.3, 0.4) is 0 Å². The molecule has 0 aliphatic heterocycles. The smallest absolute Gasteiger partial charge is 0.244 e. The molecule has 90 valence electrons. The molecule has 0 saturated carbocycles. The summed E-state index contributed by atoms with van der Waals surface area (Å²) in [4.78, 5) is 15.0. The Bertz CT molecular complexity index is 726. The molecule has 0 spiro atoms. The first kappa shape index (κ1) is 10.8. The van der Waals surface area contributed by atoms with Crippen LogP contribution in [0, 0.1) is 12.7 Å². The van der Waals surface area contributed by atoms with Gasteiger partial charge in [-0.3, -0.25) is 4.79 Å². The SMILES string of the molecule is Cc1c(C(=O)c2ccc[nH]2)oc2ccc(F)cc12. The maximum absolute atomic E-state index is 13.2. The number of furan rings is 1. The van der Waals surface area contributed by atoms with E-state index in [1.807, 2.05) is 0 Å². The molecule has 0 unspecified atom stereocenters. The number of H-pyrrole nitrogens is 1. The molecule has 4 heteroatoms. The normalized spacial score (nSPS) is 11.0. The molecule has 0 amide bonds. The molecule has 2 aromatic heterocycles. The molecular formula is C14H10FNO2. The number of aryl methyl sites for hydroxylation is 1. The second-order valence-corrected chi connectivity index (χ2v) is 4.11. The molecule has 0 aliphatic carbocycles. The molecule has 0 saturated heterocycles. The third kappa shape index (κ3) is 1.54. The number of aromatic nitrogens is 1. The van der Waals surface area contributed by atoms with Crippen molar-refractivity contribution in [3.05, 3.63) is 59.4 Å². The first-order valence-electron chi connectivity index (χ1n) is 5.53. The third-order valence-electron chi connectivity index (χ3n) is 2.95. The van der Waals surface area contributed by atoms with Crippen LogP contribution in [0.25, 0.3) is 11.0 Å². The highest BCUT2D eigenvalue weighted by molar-refractivity contribution is 6.09. The molecule has 0 radical (unpaired) electrons. The lowest BCUT2D eigenvalue weighted by atomic mass is 10.1. The minimum atomic E-state index is -0.342. The number of ketones is 1. The van der Waals surface area contributed by atoms with Crippen molar-refractivity contribution in [3.8, 4) is 0 Å². The lowest BCUT2D eigenvalue weighted by molar-refractivity contribution is 0.101. The van der Waals surface area contributed by atoms with Gasteiger partial charge in [0.2, 0.25) is 5.78 Å². The highest BCUT2D eigenvalue weighted by Gasteiger charge is 2.19. The summed E-state index contributed by atoms with van der Waals surface area (Å²) in [5.74, 6) is -0.322. The van der Waals surface area contributed by atoms with E-state index in [9.17, 15) is 9.18 Å². The van der Waals surface area contributed by atoms with Gasteiger partial charge in [0.1, 0.15) is 11.4 Å². The number of aromatic amines is 1. The zero-order chi connectivity index (χ0) is 12.7. The van der Waals surface area contributed by atoms with Crippen molar-refractivity contribution in [3.63, 3.8) is 0 Å². The Labute approximate surface area is 102 Å². The van der Waals surface area contributed by atoms with Crippen LogP contribution >= 0.6 is 0 Å². The Balaban J connectivity index is 2.19. The van der Waals surface area contributed by atoms with Crippen LogP contribution in [0.2, 0.25) is 0 Å². The summed E-state index contributed by atoms with van der Waals surface area (Å²) in [6, 6.07) is 7.64. The molecule has 0 bridgehead atoms. The van der Waals surface area contributed by atoms with E-state index in [1.165, 1.54) is 18.2 Å². The second-order valence-electron chi connectivity index (χ2n) is 4.11. The number of carbonyl (C=O) groups excluding carboxylic acids is 1. The third-order valence-corrected chi connectivity index (χ3v) is 2.95. The number of fused-ring (bicyclic) bond motifs is 1. The first-order chi connectivity index (χ1) is 8.66. The van der Waals surface area contributed by atoms with Crippen LogP contribution in [0.4, 0.5) is 4.39 Å². The molecule has 3 aromatic rings. The molecule has 18 heavy (non-hydrogen) atoms. The van der Waals surface area contributed by atoms with Crippen LogP contribution in [0.1, 0.15) is 21.8 Å². The minimum Gasteiger partial charge on any atom is -0.452 e. The van der Waals surface area contributed by atoms with Gasteiger partial charge in [-0.1, -0.05) is 0 Å². The largest absolute Gasteiger partial charge is 0.452 e. The van der Waals surface area contributed by atoms with Gasteiger partial charge in [-0.2, -0.15) is 0 Å². The highest BCUT2D eigenvalue weighted by Crippen LogP contribution is 2.27. The fourth-order valence-electron chi connectivity index (χ4n) is 2.00. The topological polar surface area (TPSA) is 46.0 Å². The fraction of sp³-hybridized carbons (Fsp3) is 0.0714. The molecular weight excluding hydrogens is 233 g/mol. The van der Waals surface area contributed by atoms with Crippen molar-refractivity contribution in [2.75, 3.05) is 0 Å². The molecule has 3 rings (SSSR count). The predicted octanol–water partition coefficient (Wildman–Crippen LogP) is 3.44. The van der Waals surface area contributed by atoms with E-state index in [0.29, 0.717) is 22.2 Å². The second kappa shape index (κ2) is 3.84. The summed E-state index contributed by atoms with van der Waals surface area (Å²) in [5, 5.41) is 0.630. The quantitative estimate of drug-likeness (QED) is 0.701. The molecule has 2 heterocycles. The van der Waals surface area contributed by atoms with Crippen LogP contribution in [-0.4, -0.2) is 10.8 Å². The number of carbonyl (C=O) groups is 1. The van der Waals surface area contributed by atoms with E-state index in [0.717, 1.165) is 0 Å². The van der Waals surface area contributed by atoms with Crippen LogP contribution in [0.5, 0.6) is 0 Å². The van der Waals surface area contributed by atoms with Crippen LogP contribution < -0.4 is 0 Å². The number of benzene rings is 1. The lowest BCUT2D eigenvalue weighted by Gasteiger charge is -1.94. The summed E-state index contributed by atoms with van der Waals surface area (Å²) in [7, 11) is 0. The first-order valence-corrected chi connectivity index (χ1v) is 5.53. The zero-order valence-corrected chi connectivity index (χ0v) is 9.66. The maximum atomic E-state index is 13.2. The summed E-state index contributed by atoms with van der Waals surface area (Å²) in [6.45, 7) is 1.75. The van der Waals surface area contributed by atoms with Crippen LogP contribution in [0.15, 0.2) is 40.9 Å². The molecule has 3 nitrogen and oxygen atoms in total. The monoisotopic (exact) mass is 243 g/mol. The van der Waals surface area contributed by atoms with Gasteiger partial charge in [0.25, 0.3) is 0 Å². The van der Waals surface area contributed by atoms with Gasteiger partial charge in [0, 0.05) is 17.1 Å². The van der Waals surface area contributed by atoms with Gasteiger partial charge in [-0.05, 0) is 37.3 Å². The Kier molecular flexibility index (Phi) is 2.30. The molecule has 0 fully saturated rings. The zero-order valence-electron chi connectivity index (χ0n) is 9.66. The van der Waals surface area contributed by atoms with Gasteiger partial charge in [-0.15, -0.1) is 0 Å². The number of rotatable bonds is 2. The molecule has 1 aromatic carbocycles. The van der Waals surface area contributed by atoms with Gasteiger partial charge >= 0.3 is 0 Å². The van der Waals surface area contributed by atoms with Gasteiger partial charge in [-0.25, -0.2) is 4.39 Å². The van der Waals surface area contributed by atoms with Gasteiger partial charge in [0.15, 0.2) is 5.76 Å². The van der Waals surface area contributed by atoms with Crippen molar-refractivity contribution < 1.29 is 13.6 Å². The molecule has 0 atom stereocenters. The Morgan fingerprint density at radius 2 is 2.17 bits per heavy atom. The summed E-state index contributed by atoms with van der Waals surface area (Å²) < 4.78 is 18.7. The van der Waals surface area contributed by atoms with E-state index in [4.69, 9.17) is 4.42 Å². The summed E-state index contributed by atoms with van der Waals surface area (Å²) in [5.41, 5.74) is 1.63. The van der Waals surface area contributed by atoms with Crippen molar-refractivity contribution >= 4 is 16.8 Å². The summed E-state index contributed by atoms with van der Waals surface area (Å²) in [6.07, 6.45) is 1.67. The van der Waals surface area contributed by atoms with E-state index in [2.05, 4.69) is 4.98 Å². The van der Waals surface area contributed by atoms with Crippen molar-refractivity contribution in [2.45, 2.75) is 6.92 Å². The van der Waals surface area contributed by atoms with Gasteiger partial charge in [0.05, 0.1) is 5.69 Å². The average molecular weight is 243 g/mol. The van der Waals surface area contributed by atoms with Crippen molar-refractivity contribution in [1.29, 1.82) is 0 Å². The van der Waals surface area contributed by atoms with E-state index < -0.39 is 0 Å². The lowest BCUT2D eigenvalue weighted by Crippen LogP contribution is -2.01. The number of hydrogen-bond donors (Lipinski definition) is 1. The van der Waals surface area contributed by atoms with E-state index in [-0.39, 0.29) is 17.4 Å². The Morgan fingerprint density at radius 3 is 2.89 bits per heavy atom. The Hall–Kier alpha value is -2.36. The Morgan fingerprint density at radius 1 is 1.33 bits per heavy atom. The van der Waals surface area contributed by atoms with E-state index >= 15 is 0 Å². The highest BCUT2D eigenvalue weighted by atomic mass is 19.1. The van der Waals surface area contributed by atoms with E-state index in [1.54, 1.807) is 25.3 Å².